The van der Waals surface area contributed by atoms with Gasteiger partial charge in [0.2, 0.25) is 0 Å². The van der Waals surface area contributed by atoms with Gasteiger partial charge in [-0.3, -0.25) is 0 Å². The zero-order chi connectivity index (χ0) is 19.3. The van der Waals surface area contributed by atoms with E-state index in [0.29, 0.717) is 18.6 Å². The van der Waals surface area contributed by atoms with Gasteiger partial charge in [-0.25, -0.2) is 4.79 Å². The fraction of sp³-hybridized carbons (Fsp3) is 0.125. The Morgan fingerprint density at radius 1 is 0.929 bits per heavy atom. The Kier molecular flexibility index (Phi) is 5.11. The fourth-order valence-corrected chi connectivity index (χ4v) is 3.16. The molecule has 3 aromatic carbocycles. The molecule has 4 nitrogen and oxygen atoms in total. The maximum atomic E-state index is 11.6. The molecule has 0 spiro atoms. The van der Waals surface area contributed by atoms with Gasteiger partial charge in [0, 0.05) is 10.9 Å². The van der Waals surface area contributed by atoms with E-state index in [1.54, 1.807) is 12.1 Å². The number of benzene rings is 3. The molecule has 1 aromatic heterocycles. The van der Waals surface area contributed by atoms with Gasteiger partial charge in [-0.15, -0.1) is 0 Å². The average molecular weight is 372 g/mol. The van der Waals surface area contributed by atoms with Crippen molar-refractivity contribution in [1.82, 2.24) is 0 Å². The lowest BCUT2D eigenvalue weighted by Gasteiger charge is -2.15. The third-order valence-electron chi connectivity index (χ3n) is 4.66. The van der Waals surface area contributed by atoms with Gasteiger partial charge in [-0.05, 0) is 54.8 Å². The summed E-state index contributed by atoms with van der Waals surface area (Å²) in [6, 6.07) is 27.0. The molecule has 0 amide bonds. The lowest BCUT2D eigenvalue weighted by atomic mass is 10.1. The Morgan fingerprint density at radius 3 is 2.36 bits per heavy atom. The predicted octanol–water partition coefficient (Wildman–Crippen LogP) is 5.56. The number of carboxylic acid groups (broad SMARTS) is 1. The largest absolute Gasteiger partial charge is 0.479 e. The van der Waals surface area contributed by atoms with E-state index >= 15 is 0 Å². The van der Waals surface area contributed by atoms with Crippen molar-refractivity contribution in [3.63, 3.8) is 0 Å². The molecule has 0 aliphatic carbocycles. The zero-order valence-electron chi connectivity index (χ0n) is 15.2. The number of aryl methyl sites for hydroxylation is 1. The quantitative estimate of drug-likeness (QED) is 0.461. The topological polar surface area (TPSA) is 59.7 Å². The maximum absolute atomic E-state index is 11.6. The Morgan fingerprint density at radius 2 is 1.64 bits per heavy atom. The van der Waals surface area contributed by atoms with Gasteiger partial charge in [0.1, 0.15) is 17.1 Å². The summed E-state index contributed by atoms with van der Waals surface area (Å²) in [5.41, 5.74) is 2.85. The number of hydrogen-bond acceptors (Lipinski definition) is 3. The zero-order valence-corrected chi connectivity index (χ0v) is 15.2. The monoisotopic (exact) mass is 372 g/mol. The van der Waals surface area contributed by atoms with Crippen LogP contribution < -0.4 is 4.74 Å². The number of furan rings is 1. The molecule has 140 valence electrons. The van der Waals surface area contributed by atoms with Gasteiger partial charge in [0.05, 0.1) is 0 Å². The third kappa shape index (κ3) is 4.07. The summed E-state index contributed by atoms with van der Waals surface area (Å²) in [4.78, 5) is 11.6. The number of rotatable bonds is 7. The first-order valence-corrected chi connectivity index (χ1v) is 9.21. The van der Waals surface area contributed by atoms with E-state index in [2.05, 4.69) is 0 Å². The number of ether oxygens (including phenoxy) is 1. The number of carbonyl (C=O) groups is 1. The third-order valence-corrected chi connectivity index (χ3v) is 4.66. The van der Waals surface area contributed by atoms with Crippen LogP contribution in [0.3, 0.4) is 0 Å². The minimum absolute atomic E-state index is 0.407. The summed E-state index contributed by atoms with van der Waals surface area (Å²) in [5, 5.41) is 10.5. The van der Waals surface area contributed by atoms with Crippen LogP contribution in [0.2, 0.25) is 0 Å². The van der Waals surface area contributed by atoms with Crippen LogP contribution in [0.25, 0.3) is 22.3 Å². The summed E-state index contributed by atoms with van der Waals surface area (Å²) in [6.07, 6.45) is 0.164. The van der Waals surface area contributed by atoms with Crippen molar-refractivity contribution in [3.8, 4) is 17.1 Å². The maximum Gasteiger partial charge on any atom is 0.344 e. The van der Waals surface area contributed by atoms with Crippen LogP contribution in [-0.2, 0) is 11.2 Å². The molecule has 0 saturated carbocycles. The van der Waals surface area contributed by atoms with Crippen LogP contribution in [0.1, 0.15) is 12.0 Å². The van der Waals surface area contributed by atoms with E-state index in [9.17, 15) is 9.90 Å². The molecule has 0 bridgehead atoms. The van der Waals surface area contributed by atoms with Crippen LogP contribution in [0.5, 0.6) is 5.75 Å². The molecule has 1 heterocycles. The Balaban J connectivity index is 1.45. The van der Waals surface area contributed by atoms with Gasteiger partial charge >= 0.3 is 5.97 Å². The van der Waals surface area contributed by atoms with Crippen molar-refractivity contribution in [2.45, 2.75) is 18.9 Å². The second-order valence-electron chi connectivity index (χ2n) is 6.64. The number of carboxylic acids is 1. The van der Waals surface area contributed by atoms with Crippen LogP contribution in [-0.4, -0.2) is 17.2 Å². The standard InChI is InChI=1S/C24H20O4/c25-24(26)22(15-10-17-6-2-1-3-7-17)27-20-13-11-18(12-14-20)23-16-19-8-4-5-9-21(19)28-23/h1-9,11-14,16,22H,10,15H2,(H,25,26)/t22-/m0/s1. The van der Waals surface area contributed by atoms with E-state index < -0.39 is 12.1 Å². The van der Waals surface area contributed by atoms with Crippen molar-refractivity contribution in [2.24, 2.45) is 0 Å². The lowest BCUT2D eigenvalue weighted by molar-refractivity contribution is -0.145. The van der Waals surface area contributed by atoms with Crippen molar-refractivity contribution in [1.29, 1.82) is 0 Å². The number of aliphatic carboxylic acids is 1. The Hall–Kier alpha value is -3.53. The predicted molar refractivity (Wildman–Crippen MR) is 108 cm³/mol. The molecule has 0 aliphatic rings. The Labute approximate surface area is 163 Å². The van der Waals surface area contributed by atoms with Crippen LogP contribution in [0.15, 0.2) is 89.3 Å². The highest BCUT2D eigenvalue weighted by Gasteiger charge is 2.19. The fourth-order valence-electron chi connectivity index (χ4n) is 3.16. The Bertz CT molecular complexity index is 1030. The molecule has 4 aromatic rings. The average Bonchev–Trinajstić information content (AvgIpc) is 3.16. The molecule has 0 unspecified atom stereocenters. The van der Waals surface area contributed by atoms with E-state index in [1.807, 2.05) is 72.8 Å². The smallest absolute Gasteiger partial charge is 0.344 e. The van der Waals surface area contributed by atoms with Gasteiger partial charge < -0.3 is 14.3 Å². The molecule has 0 radical (unpaired) electrons. The van der Waals surface area contributed by atoms with Gasteiger partial charge in [-0.1, -0.05) is 48.5 Å². The van der Waals surface area contributed by atoms with Crippen LogP contribution in [0.4, 0.5) is 0 Å². The molecule has 1 atom stereocenters. The van der Waals surface area contributed by atoms with E-state index in [4.69, 9.17) is 9.15 Å². The molecule has 28 heavy (non-hydrogen) atoms. The highest BCUT2D eigenvalue weighted by atomic mass is 16.5. The molecule has 0 fully saturated rings. The van der Waals surface area contributed by atoms with Crippen molar-refractivity contribution < 1.29 is 19.1 Å². The highest BCUT2D eigenvalue weighted by Crippen LogP contribution is 2.29. The summed E-state index contributed by atoms with van der Waals surface area (Å²) >= 11 is 0. The van der Waals surface area contributed by atoms with Crippen LogP contribution in [0, 0.1) is 0 Å². The molecule has 4 rings (SSSR count). The second-order valence-corrected chi connectivity index (χ2v) is 6.64. The lowest BCUT2D eigenvalue weighted by Crippen LogP contribution is -2.27. The van der Waals surface area contributed by atoms with E-state index in [0.717, 1.165) is 27.9 Å². The minimum Gasteiger partial charge on any atom is -0.479 e. The molecule has 1 N–H and O–H groups in total. The molecular weight excluding hydrogens is 352 g/mol. The molecule has 0 aliphatic heterocycles. The van der Waals surface area contributed by atoms with Crippen molar-refractivity contribution >= 4 is 16.9 Å². The molecule has 4 heteroatoms. The number of para-hydroxylation sites is 1. The normalized spacial score (nSPS) is 12.0. The molecular formula is C24H20O4. The summed E-state index contributed by atoms with van der Waals surface area (Å²) < 4.78 is 11.6. The SMILES string of the molecule is O=C(O)[C@H](CCc1ccccc1)Oc1ccc(-c2cc3ccccc3o2)cc1. The first-order valence-electron chi connectivity index (χ1n) is 9.21. The first-order chi connectivity index (χ1) is 13.7. The number of fused-ring (bicyclic) bond motifs is 1. The first kappa shape index (κ1) is 17.9. The van der Waals surface area contributed by atoms with Crippen molar-refractivity contribution in [2.75, 3.05) is 0 Å². The van der Waals surface area contributed by atoms with Gasteiger partial charge in [0.25, 0.3) is 0 Å². The summed E-state index contributed by atoms with van der Waals surface area (Å²) in [5.74, 6) is 0.337. The molecule has 0 saturated heterocycles. The highest BCUT2D eigenvalue weighted by molar-refractivity contribution is 5.82. The number of hydrogen-bond donors (Lipinski definition) is 1. The summed E-state index contributed by atoms with van der Waals surface area (Å²) in [6.45, 7) is 0. The van der Waals surface area contributed by atoms with Crippen LogP contribution >= 0.6 is 0 Å². The minimum atomic E-state index is -0.961. The van der Waals surface area contributed by atoms with Gasteiger partial charge in [-0.2, -0.15) is 0 Å². The van der Waals surface area contributed by atoms with Crippen molar-refractivity contribution in [3.05, 3.63) is 90.5 Å². The van der Waals surface area contributed by atoms with E-state index in [1.165, 1.54) is 0 Å². The van der Waals surface area contributed by atoms with Gasteiger partial charge in [0.15, 0.2) is 6.10 Å². The summed E-state index contributed by atoms with van der Waals surface area (Å²) in [7, 11) is 0. The second kappa shape index (κ2) is 8.01. The van der Waals surface area contributed by atoms with E-state index in [-0.39, 0.29) is 0 Å².